The van der Waals surface area contributed by atoms with Gasteiger partial charge in [0.25, 0.3) is 5.91 Å². The summed E-state index contributed by atoms with van der Waals surface area (Å²) in [5, 5.41) is 22.3. The number of phenolic OH excluding ortho intramolecular Hbond substituents is 1. The van der Waals surface area contributed by atoms with Crippen molar-refractivity contribution in [3.8, 4) is 11.5 Å². The molecule has 0 aromatic heterocycles. The Morgan fingerprint density at radius 2 is 1.63 bits per heavy atom. The van der Waals surface area contributed by atoms with Gasteiger partial charge in [-0.2, -0.15) is 0 Å². The highest BCUT2D eigenvalue weighted by atomic mass is 79.9. The van der Waals surface area contributed by atoms with E-state index in [-0.39, 0.29) is 11.3 Å². The molecule has 0 saturated heterocycles. The molecular formula is C24H19Br3N2O6. The zero-order valence-corrected chi connectivity index (χ0v) is 22.6. The molecular weight excluding hydrogens is 652 g/mol. The smallest absolute Gasteiger partial charge is 0.412 e. The third kappa shape index (κ3) is 7.82. The van der Waals surface area contributed by atoms with Gasteiger partial charge in [0, 0.05) is 26.3 Å². The minimum Gasteiger partial charge on any atom is -0.506 e. The molecule has 4 N–H and O–H groups in total. The first-order valence-electron chi connectivity index (χ1n) is 10.0. The highest BCUT2D eigenvalue weighted by Gasteiger charge is 2.31. The summed E-state index contributed by atoms with van der Waals surface area (Å²) < 4.78 is 13.5. The van der Waals surface area contributed by atoms with Gasteiger partial charge < -0.3 is 14.6 Å². The monoisotopic (exact) mass is 668 g/mol. The Morgan fingerprint density at radius 1 is 0.943 bits per heavy atom. The van der Waals surface area contributed by atoms with E-state index in [2.05, 4.69) is 53.1 Å². The Balaban J connectivity index is 2.02. The number of phenols is 1. The molecule has 0 saturated carbocycles. The largest absolute Gasteiger partial charge is 0.506 e. The van der Waals surface area contributed by atoms with E-state index in [1.54, 1.807) is 66.7 Å². The van der Waals surface area contributed by atoms with E-state index in [4.69, 9.17) is 14.7 Å². The first-order chi connectivity index (χ1) is 16.8. The molecule has 11 heteroatoms. The van der Waals surface area contributed by atoms with Crippen LogP contribution in [0, 0.1) is 0 Å². The number of hydroxylamine groups is 1. The lowest BCUT2D eigenvalue weighted by Crippen LogP contribution is -2.30. The number of benzene rings is 3. The molecule has 2 atom stereocenters. The van der Waals surface area contributed by atoms with Gasteiger partial charge in [-0.15, -0.1) is 0 Å². The second-order valence-corrected chi connectivity index (χ2v) is 9.70. The normalized spacial score (nSPS) is 12.6. The summed E-state index contributed by atoms with van der Waals surface area (Å²) in [4.78, 5) is 24.6. The van der Waals surface area contributed by atoms with Crippen LogP contribution in [0.1, 0.15) is 11.7 Å². The van der Waals surface area contributed by atoms with E-state index in [1.807, 2.05) is 0 Å². The number of para-hydroxylation sites is 1. The van der Waals surface area contributed by atoms with Crippen molar-refractivity contribution >= 4 is 65.5 Å². The summed E-state index contributed by atoms with van der Waals surface area (Å²) >= 11 is 9.99. The van der Waals surface area contributed by atoms with E-state index in [0.717, 1.165) is 10.5 Å². The van der Waals surface area contributed by atoms with Crippen LogP contribution >= 0.6 is 47.8 Å². The van der Waals surface area contributed by atoms with Gasteiger partial charge >= 0.3 is 6.09 Å². The number of aromatic hydroxyl groups is 1. The zero-order chi connectivity index (χ0) is 25.4. The number of amides is 2. The third-order valence-corrected chi connectivity index (χ3v) is 6.14. The van der Waals surface area contributed by atoms with Crippen molar-refractivity contribution in [2.75, 3.05) is 5.32 Å². The number of ether oxygens (including phenoxy) is 2. The van der Waals surface area contributed by atoms with Crippen molar-refractivity contribution < 1.29 is 29.4 Å². The molecule has 0 aliphatic rings. The molecule has 3 rings (SSSR count). The van der Waals surface area contributed by atoms with Crippen LogP contribution in [0.5, 0.6) is 11.5 Å². The van der Waals surface area contributed by atoms with Crippen LogP contribution in [0.3, 0.4) is 0 Å². The lowest BCUT2D eigenvalue weighted by atomic mass is 10.0. The summed E-state index contributed by atoms with van der Waals surface area (Å²) in [7, 11) is 0. The quantitative estimate of drug-likeness (QED) is 0.124. The van der Waals surface area contributed by atoms with Crippen LogP contribution in [0.15, 0.2) is 92.3 Å². The van der Waals surface area contributed by atoms with Gasteiger partial charge in [0.1, 0.15) is 11.5 Å². The van der Waals surface area contributed by atoms with Gasteiger partial charge in [0.05, 0.1) is 4.47 Å². The molecule has 3 aromatic rings. The van der Waals surface area contributed by atoms with Gasteiger partial charge in [-0.1, -0.05) is 50.1 Å². The molecule has 0 fully saturated rings. The number of carbonyl (C=O) groups excluding carboxylic acids is 2. The highest BCUT2D eigenvalue weighted by Crippen LogP contribution is 2.39. The van der Waals surface area contributed by atoms with Gasteiger partial charge in [0.2, 0.25) is 0 Å². The predicted molar refractivity (Wildman–Crippen MR) is 140 cm³/mol. The van der Waals surface area contributed by atoms with Crippen LogP contribution in [0.2, 0.25) is 0 Å². The molecule has 0 spiro atoms. The number of halogens is 3. The second kappa shape index (κ2) is 12.7. The van der Waals surface area contributed by atoms with Crippen molar-refractivity contribution in [1.29, 1.82) is 0 Å². The molecule has 35 heavy (non-hydrogen) atoms. The second-order valence-electron chi connectivity index (χ2n) is 7.01. The summed E-state index contributed by atoms with van der Waals surface area (Å²) in [6.45, 7) is 0. The number of carbonyl (C=O) groups is 2. The average molecular weight is 671 g/mol. The van der Waals surface area contributed by atoms with Crippen LogP contribution in [0.25, 0.3) is 0 Å². The topological polar surface area (TPSA) is 117 Å². The molecule has 0 bridgehead atoms. The first-order valence-corrected chi connectivity index (χ1v) is 12.4. The third-order valence-electron chi connectivity index (χ3n) is 4.55. The number of anilines is 1. The standard InChI is InChI=1S/C24H19Br3N2O6/c25-14-6-8-16(9-7-14)28-24(32)35-23(18-12-15(26)13-19(27)22(18)31)20(10-11-21(30)29-33)34-17-4-2-1-3-5-17/h1-13,20,23,31,33H,(H,28,32)(H,29,30)/b11-10+/t20-,23-/m0/s1. The SMILES string of the molecule is O=C(/C=C/[C@H](Oc1ccccc1)[C@@H](OC(=O)Nc1ccc(Br)cc1)c1cc(Br)cc(Br)c1O)NO. The summed E-state index contributed by atoms with van der Waals surface area (Å²) in [6.07, 6.45) is -0.792. The van der Waals surface area contributed by atoms with Crippen molar-refractivity contribution in [3.05, 3.63) is 97.9 Å². The van der Waals surface area contributed by atoms with E-state index < -0.39 is 24.2 Å². The molecule has 182 valence electrons. The van der Waals surface area contributed by atoms with Gasteiger partial charge in [0.15, 0.2) is 12.2 Å². The Hall–Kier alpha value is -2.86. The molecule has 0 aliphatic heterocycles. The fraction of sp³-hybridized carbons (Fsp3) is 0.0833. The van der Waals surface area contributed by atoms with E-state index in [9.17, 15) is 14.7 Å². The van der Waals surface area contributed by atoms with Crippen molar-refractivity contribution in [3.63, 3.8) is 0 Å². The molecule has 0 unspecified atom stereocenters. The first kappa shape index (κ1) is 26.7. The molecule has 0 heterocycles. The fourth-order valence-corrected chi connectivity index (χ4v) is 4.51. The zero-order valence-electron chi connectivity index (χ0n) is 17.8. The molecule has 8 nitrogen and oxygen atoms in total. The Bertz CT molecular complexity index is 1210. The summed E-state index contributed by atoms with van der Waals surface area (Å²) in [5.41, 5.74) is 2.18. The van der Waals surface area contributed by atoms with Crippen molar-refractivity contribution in [2.45, 2.75) is 12.2 Å². The number of rotatable bonds is 8. The minimum atomic E-state index is -1.22. The Labute approximate surface area is 226 Å². The number of hydrogen-bond acceptors (Lipinski definition) is 6. The van der Waals surface area contributed by atoms with Crippen LogP contribution in [-0.2, 0) is 9.53 Å². The molecule has 2 amide bonds. The predicted octanol–water partition coefficient (Wildman–Crippen LogP) is 6.48. The van der Waals surface area contributed by atoms with Gasteiger partial charge in [-0.3, -0.25) is 15.3 Å². The highest BCUT2D eigenvalue weighted by molar-refractivity contribution is 9.11. The summed E-state index contributed by atoms with van der Waals surface area (Å²) in [5.74, 6) is -0.581. The minimum absolute atomic E-state index is 0.184. The van der Waals surface area contributed by atoms with Crippen molar-refractivity contribution in [2.24, 2.45) is 0 Å². The van der Waals surface area contributed by atoms with Crippen molar-refractivity contribution in [1.82, 2.24) is 5.48 Å². The Kier molecular flexibility index (Phi) is 9.73. The maximum atomic E-state index is 12.9. The average Bonchev–Trinajstić information content (AvgIpc) is 2.84. The summed E-state index contributed by atoms with van der Waals surface area (Å²) in [6, 6.07) is 18.7. The van der Waals surface area contributed by atoms with Crippen LogP contribution in [-0.4, -0.2) is 28.4 Å². The maximum Gasteiger partial charge on any atom is 0.412 e. The molecule has 0 aliphatic carbocycles. The molecule has 0 radical (unpaired) electrons. The lowest BCUT2D eigenvalue weighted by molar-refractivity contribution is -0.124. The fourth-order valence-electron chi connectivity index (χ4n) is 2.98. The van der Waals surface area contributed by atoms with E-state index in [1.165, 1.54) is 11.6 Å². The lowest BCUT2D eigenvalue weighted by Gasteiger charge is -2.27. The number of nitrogens with one attached hydrogen (secondary N) is 2. The van der Waals surface area contributed by atoms with Gasteiger partial charge in [-0.05, 0) is 70.5 Å². The van der Waals surface area contributed by atoms with E-state index >= 15 is 0 Å². The van der Waals surface area contributed by atoms with Crippen LogP contribution < -0.4 is 15.5 Å². The maximum absolute atomic E-state index is 12.9. The Morgan fingerprint density at radius 3 is 2.29 bits per heavy atom. The number of hydrogen-bond donors (Lipinski definition) is 4. The van der Waals surface area contributed by atoms with Gasteiger partial charge in [-0.25, -0.2) is 10.3 Å². The van der Waals surface area contributed by atoms with Crippen LogP contribution in [0.4, 0.5) is 10.5 Å². The molecule has 3 aromatic carbocycles. The van der Waals surface area contributed by atoms with E-state index in [0.29, 0.717) is 20.4 Å².